The quantitative estimate of drug-likeness (QED) is 0.816. The van der Waals surface area contributed by atoms with Crippen molar-refractivity contribution >= 4 is 5.91 Å². The van der Waals surface area contributed by atoms with E-state index >= 15 is 0 Å². The summed E-state index contributed by atoms with van der Waals surface area (Å²) in [6.07, 6.45) is 3.55. The van der Waals surface area contributed by atoms with Gasteiger partial charge in [-0.2, -0.15) is 0 Å². The van der Waals surface area contributed by atoms with Crippen molar-refractivity contribution in [3.05, 3.63) is 66.0 Å². The minimum atomic E-state index is 0.0568. The van der Waals surface area contributed by atoms with Crippen LogP contribution in [0.5, 0.6) is 0 Å². The number of rotatable bonds is 6. The monoisotopic (exact) mass is 283 g/mol. The molecule has 0 saturated carbocycles. The zero-order chi connectivity index (χ0) is 15.1. The van der Waals surface area contributed by atoms with Crippen molar-refractivity contribution in [1.29, 1.82) is 0 Å². The van der Waals surface area contributed by atoms with Gasteiger partial charge >= 0.3 is 0 Å². The number of hydrogen-bond donors (Lipinski definition) is 0. The van der Waals surface area contributed by atoms with Crippen LogP contribution in [0.3, 0.4) is 0 Å². The second-order valence-corrected chi connectivity index (χ2v) is 5.26. The lowest BCUT2D eigenvalue weighted by atomic mass is 10.2. The van der Waals surface area contributed by atoms with Crippen molar-refractivity contribution in [2.75, 3.05) is 27.2 Å². The van der Waals surface area contributed by atoms with Gasteiger partial charge in [-0.15, -0.1) is 0 Å². The van der Waals surface area contributed by atoms with E-state index in [-0.39, 0.29) is 5.91 Å². The smallest absolute Gasteiger partial charge is 0.254 e. The normalized spacial score (nSPS) is 10.6. The summed E-state index contributed by atoms with van der Waals surface area (Å²) in [6.45, 7) is 2.10. The summed E-state index contributed by atoms with van der Waals surface area (Å²) in [7, 11) is 4.02. The number of carbonyl (C=O) groups excluding carboxylic acids is 1. The van der Waals surface area contributed by atoms with Gasteiger partial charge in [0.2, 0.25) is 0 Å². The van der Waals surface area contributed by atoms with Crippen LogP contribution >= 0.6 is 0 Å². The fourth-order valence-corrected chi connectivity index (χ4v) is 2.05. The Morgan fingerprint density at radius 3 is 2.43 bits per heavy atom. The predicted octanol–water partition coefficient (Wildman–Crippen LogP) is 2.29. The number of carbonyl (C=O) groups is 1. The number of nitrogens with zero attached hydrogens (tertiary/aromatic N) is 3. The molecule has 0 saturated heterocycles. The largest absolute Gasteiger partial charge is 0.333 e. The van der Waals surface area contributed by atoms with Crippen LogP contribution in [0.2, 0.25) is 0 Å². The standard InChI is InChI=1S/C17H21N3O/c1-19(2)11-12-20(14-15-7-6-10-18-13-15)17(21)16-8-4-3-5-9-16/h3-10,13H,11-12,14H2,1-2H3. The Balaban J connectivity index is 2.13. The third-order valence-electron chi connectivity index (χ3n) is 3.22. The summed E-state index contributed by atoms with van der Waals surface area (Å²) >= 11 is 0. The van der Waals surface area contributed by atoms with E-state index in [4.69, 9.17) is 0 Å². The van der Waals surface area contributed by atoms with E-state index < -0.39 is 0 Å². The maximum Gasteiger partial charge on any atom is 0.254 e. The number of likely N-dealkylation sites (N-methyl/N-ethyl adjacent to an activating group) is 1. The third-order valence-corrected chi connectivity index (χ3v) is 3.22. The molecule has 21 heavy (non-hydrogen) atoms. The van der Waals surface area contributed by atoms with E-state index in [0.717, 1.165) is 17.7 Å². The summed E-state index contributed by atoms with van der Waals surface area (Å²) in [5, 5.41) is 0. The first kappa shape index (κ1) is 15.2. The SMILES string of the molecule is CN(C)CCN(Cc1cccnc1)C(=O)c1ccccc1. The second-order valence-electron chi connectivity index (χ2n) is 5.26. The van der Waals surface area contributed by atoms with Crippen LogP contribution in [0, 0.1) is 0 Å². The van der Waals surface area contributed by atoms with Gasteiger partial charge in [0.25, 0.3) is 5.91 Å². The van der Waals surface area contributed by atoms with Gasteiger partial charge in [-0.25, -0.2) is 0 Å². The number of aromatic nitrogens is 1. The van der Waals surface area contributed by atoms with E-state index in [9.17, 15) is 4.79 Å². The average Bonchev–Trinajstić information content (AvgIpc) is 2.52. The lowest BCUT2D eigenvalue weighted by Crippen LogP contribution is -2.36. The first-order chi connectivity index (χ1) is 10.2. The van der Waals surface area contributed by atoms with Crippen molar-refractivity contribution in [3.63, 3.8) is 0 Å². The number of benzene rings is 1. The highest BCUT2D eigenvalue weighted by molar-refractivity contribution is 5.94. The second kappa shape index (κ2) is 7.55. The predicted molar refractivity (Wildman–Crippen MR) is 84.0 cm³/mol. The van der Waals surface area contributed by atoms with Crippen molar-refractivity contribution in [2.24, 2.45) is 0 Å². The van der Waals surface area contributed by atoms with Crippen LogP contribution < -0.4 is 0 Å². The van der Waals surface area contributed by atoms with Crippen LogP contribution in [0.15, 0.2) is 54.9 Å². The molecule has 0 unspecified atom stereocenters. The molecule has 0 aliphatic rings. The molecule has 1 amide bonds. The fourth-order valence-electron chi connectivity index (χ4n) is 2.05. The zero-order valence-electron chi connectivity index (χ0n) is 12.6. The van der Waals surface area contributed by atoms with E-state index in [0.29, 0.717) is 13.1 Å². The van der Waals surface area contributed by atoms with Gasteiger partial charge in [-0.3, -0.25) is 9.78 Å². The van der Waals surface area contributed by atoms with Gasteiger partial charge in [0, 0.05) is 37.6 Å². The van der Waals surface area contributed by atoms with E-state index in [1.165, 1.54) is 0 Å². The molecule has 0 fully saturated rings. The van der Waals surface area contributed by atoms with Crippen molar-refractivity contribution < 1.29 is 4.79 Å². The molecule has 110 valence electrons. The first-order valence-corrected chi connectivity index (χ1v) is 7.05. The highest BCUT2D eigenvalue weighted by atomic mass is 16.2. The van der Waals surface area contributed by atoms with Gasteiger partial charge in [0.1, 0.15) is 0 Å². The highest BCUT2D eigenvalue weighted by Crippen LogP contribution is 2.09. The molecule has 2 aromatic rings. The van der Waals surface area contributed by atoms with Crippen molar-refractivity contribution in [2.45, 2.75) is 6.54 Å². The number of pyridine rings is 1. The van der Waals surface area contributed by atoms with Gasteiger partial charge in [0.15, 0.2) is 0 Å². The minimum absolute atomic E-state index is 0.0568. The van der Waals surface area contributed by atoms with Gasteiger partial charge < -0.3 is 9.80 Å². The van der Waals surface area contributed by atoms with E-state index in [1.807, 2.05) is 61.5 Å². The molecule has 1 heterocycles. The number of hydrogen-bond acceptors (Lipinski definition) is 3. The zero-order valence-corrected chi connectivity index (χ0v) is 12.6. The van der Waals surface area contributed by atoms with Crippen LogP contribution in [0.1, 0.15) is 15.9 Å². The van der Waals surface area contributed by atoms with Gasteiger partial charge in [0.05, 0.1) is 0 Å². The topological polar surface area (TPSA) is 36.4 Å². The van der Waals surface area contributed by atoms with E-state index in [2.05, 4.69) is 9.88 Å². The summed E-state index contributed by atoms with van der Waals surface area (Å²) in [5.74, 6) is 0.0568. The molecule has 2 rings (SSSR count). The molecule has 4 nitrogen and oxygen atoms in total. The molecule has 0 spiro atoms. The van der Waals surface area contributed by atoms with Gasteiger partial charge in [-0.1, -0.05) is 24.3 Å². The minimum Gasteiger partial charge on any atom is -0.333 e. The first-order valence-electron chi connectivity index (χ1n) is 7.05. The molecular formula is C17H21N3O. The molecular weight excluding hydrogens is 262 g/mol. The lowest BCUT2D eigenvalue weighted by molar-refractivity contribution is 0.0732. The van der Waals surface area contributed by atoms with Crippen LogP contribution in [0.25, 0.3) is 0 Å². The Bertz CT molecular complexity index is 555. The molecule has 0 aliphatic carbocycles. The number of amides is 1. The Kier molecular flexibility index (Phi) is 5.46. The third kappa shape index (κ3) is 4.68. The average molecular weight is 283 g/mol. The molecule has 0 atom stereocenters. The Morgan fingerprint density at radius 1 is 1.05 bits per heavy atom. The summed E-state index contributed by atoms with van der Waals surface area (Å²) in [4.78, 5) is 20.7. The van der Waals surface area contributed by atoms with Gasteiger partial charge in [-0.05, 0) is 37.9 Å². The Morgan fingerprint density at radius 2 is 1.81 bits per heavy atom. The molecule has 0 radical (unpaired) electrons. The van der Waals surface area contributed by atoms with Crippen molar-refractivity contribution in [3.8, 4) is 0 Å². The van der Waals surface area contributed by atoms with Crippen LogP contribution in [-0.4, -0.2) is 47.9 Å². The Labute approximate surface area is 126 Å². The molecule has 4 heteroatoms. The van der Waals surface area contributed by atoms with E-state index in [1.54, 1.807) is 12.4 Å². The van der Waals surface area contributed by atoms with Crippen molar-refractivity contribution in [1.82, 2.24) is 14.8 Å². The highest BCUT2D eigenvalue weighted by Gasteiger charge is 2.16. The molecule has 1 aromatic heterocycles. The summed E-state index contributed by atoms with van der Waals surface area (Å²) < 4.78 is 0. The molecule has 1 aromatic carbocycles. The Hall–Kier alpha value is -2.20. The summed E-state index contributed by atoms with van der Waals surface area (Å²) in [6, 6.07) is 13.3. The van der Waals surface area contributed by atoms with Crippen LogP contribution in [-0.2, 0) is 6.54 Å². The fraction of sp³-hybridized carbons (Fsp3) is 0.294. The maximum absolute atomic E-state index is 12.6. The maximum atomic E-state index is 12.6. The molecule has 0 aliphatic heterocycles. The summed E-state index contributed by atoms with van der Waals surface area (Å²) in [5.41, 5.74) is 1.76. The molecule has 0 N–H and O–H groups in total. The van der Waals surface area contributed by atoms with Crippen LogP contribution in [0.4, 0.5) is 0 Å². The lowest BCUT2D eigenvalue weighted by Gasteiger charge is -2.24. The molecule has 0 bridgehead atoms.